The summed E-state index contributed by atoms with van der Waals surface area (Å²) in [5, 5.41) is 0.688. The van der Waals surface area contributed by atoms with Gasteiger partial charge in [-0.25, -0.2) is 4.39 Å². The van der Waals surface area contributed by atoms with Gasteiger partial charge in [-0.1, -0.05) is 29.5 Å². The number of hydrogen-bond acceptors (Lipinski definition) is 6. The lowest BCUT2D eigenvalue weighted by molar-refractivity contribution is -0.141. The third-order valence-corrected chi connectivity index (χ3v) is 5.35. The predicted molar refractivity (Wildman–Crippen MR) is 104 cm³/mol. The highest BCUT2D eigenvalue weighted by atomic mass is 32.1. The molecule has 29 heavy (non-hydrogen) atoms. The first-order valence-corrected chi connectivity index (χ1v) is 9.33. The summed E-state index contributed by atoms with van der Waals surface area (Å²) >= 11 is 1.09. The van der Waals surface area contributed by atoms with Gasteiger partial charge in [-0.05, 0) is 24.3 Å². The van der Waals surface area contributed by atoms with Crippen LogP contribution in [0.3, 0.4) is 0 Å². The number of methoxy groups -OCH3 is 2. The normalized spacial score (nSPS) is 11.9. The van der Waals surface area contributed by atoms with Crippen LogP contribution in [0.25, 0.3) is 21.2 Å². The number of esters is 1. The molecular formula is C20H15FN2O5S. The molecule has 0 atom stereocenters. The molecule has 0 aliphatic rings. The maximum atomic E-state index is 14.4. The van der Waals surface area contributed by atoms with E-state index in [0.29, 0.717) is 21.4 Å². The third-order valence-electron chi connectivity index (χ3n) is 4.30. The van der Waals surface area contributed by atoms with Crippen molar-refractivity contribution in [1.82, 2.24) is 4.57 Å². The number of thiazole rings is 1. The topological polar surface area (TPSA) is 83.0 Å². The maximum Gasteiger partial charge on any atom is 0.325 e. The van der Waals surface area contributed by atoms with Crippen LogP contribution in [0.2, 0.25) is 0 Å². The van der Waals surface area contributed by atoms with Crippen LogP contribution in [0.1, 0.15) is 10.6 Å². The van der Waals surface area contributed by atoms with Crippen LogP contribution >= 0.6 is 11.3 Å². The van der Waals surface area contributed by atoms with Gasteiger partial charge in [0.1, 0.15) is 12.4 Å². The van der Waals surface area contributed by atoms with Gasteiger partial charge in [0.25, 0.3) is 0 Å². The summed E-state index contributed by atoms with van der Waals surface area (Å²) < 4.78 is 31.8. The number of rotatable bonds is 4. The number of nitrogens with zero attached hydrogens (tertiary/aromatic N) is 2. The van der Waals surface area contributed by atoms with Gasteiger partial charge in [0.15, 0.2) is 21.9 Å². The standard InChI is InChI=1S/C20H15FN2O5S/c1-26-13-7-3-5-11-9-14(28-18(11)13)19(25)22-20-23(10-16(24)27-2)17-12(21)6-4-8-15(17)29-20/h3-9H,10H2,1-2H3. The summed E-state index contributed by atoms with van der Waals surface area (Å²) in [4.78, 5) is 28.8. The number of para-hydroxylation sites is 2. The molecule has 0 radical (unpaired) electrons. The highest BCUT2D eigenvalue weighted by Crippen LogP contribution is 2.28. The summed E-state index contributed by atoms with van der Waals surface area (Å²) in [5.74, 6) is -1.27. The van der Waals surface area contributed by atoms with Crippen molar-refractivity contribution in [1.29, 1.82) is 0 Å². The Morgan fingerprint density at radius 2 is 2.00 bits per heavy atom. The Hall–Kier alpha value is -3.46. The number of carbonyl (C=O) groups is 2. The first-order chi connectivity index (χ1) is 14.0. The molecule has 1 amide bonds. The van der Waals surface area contributed by atoms with E-state index in [9.17, 15) is 14.0 Å². The molecule has 2 aromatic carbocycles. The lowest BCUT2D eigenvalue weighted by Gasteiger charge is -2.04. The van der Waals surface area contributed by atoms with E-state index in [4.69, 9.17) is 9.15 Å². The Balaban J connectivity index is 1.85. The minimum Gasteiger partial charge on any atom is -0.493 e. The molecule has 0 N–H and O–H groups in total. The minimum absolute atomic E-state index is 0.00652. The fraction of sp³-hybridized carbons (Fsp3) is 0.150. The first-order valence-electron chi connectivity index (χ1n) is 8.52. The van der Waals surface area contributed by atoms with Crippen LogP contribution in [-0.2, 0) is 16.1 Å². The lowest BCUT2D eigenvalue weighted by Crippen LogP contribution is -2.22. The molecule has 7 nitrogen and oxygen atoms in total. The molecular weight excluding hydrogens is 399 g/mol. The van der Waals surface area contributed by atoms with E-state index in [1.807, 2.05) is 0 Å². The predicted octanol–water partition coefficient (Wildman–Crippen LogP) is 3.51. The fourth-order valence-corrected chi connectivity index (χ4v) is 4.00. The second-order valence-electron chi connectivity index (χ2n) is 6.04. The van der Waals surface area contributed by atoms with E-state index in [1.165, 1.54) is 24.9 Å². The average Bonchev–Trinajstić information content (AvgIpc) is 3.30. The second-order valence-corrected chi connectivity index (χ2v) is 7.05. The number of carbonyl (C=O) groups excluding carboxylic acids is 2. The highest BCUT2D eigenvalue weighted by Gasteiger charge is 2.18. The molecule has 2 heterocycles. The van der Waals surface area contributed by atoms with Crippen molar-refractivity contribution in [2.45, 2.75) is 6.54 Å². The van der Waals surface area contributed by atoms with E-state index in [1.54, 1.807) is 36.4 Å². The number of furan rings is 1. The van der Waals surface area contributed by atoms with Gasteiger partial charge in [-0.2, -0.15) is 4.99 Å². The Kier molecular flexibility index (Phi) is 4.89. The molecule has 0 fully saturated rings. The van der Waals surface area contributed by atoms with Crippen molar-refractivity contribution in [2.24, 2.45) is 4.99 Å². The van der Waals surface area contributed by atoms with Gasteiger partial charge in [-0.15, -0.1) is 0 Å². The van der Waals surface area contributed by atoms with Crippen molar-refractivity contribution < 1.29 is 27.9 Å². The van der Waals surface area contributed by atoms with E-state index in [0.717, 1.165) is 11.3 Å². The molecule has 0 saturated heterocycles. The molecule has 0 unspecified atom stereocenters. The lowest BCUT2D eigenvalue weighted by atomic mass is 10.2. The van der Waals surface area contributed by atoms with Crippen LogP contribution < -0.4 is 9.54 Å². The van der Waals surface area contributed by atoms with Crippen LogP contribution in [-0.4, -0.2) is 30.7 Å². The summed E-state index contributed by atoms with van der Waals surface area (Å²) in [6.07, 6.45) is 0. The zero-order valence-corrected chi connectivity index (χ0v) is 16.3. The van der Waals surface area contributed by atoms with Crippen molar-refractivity contribution >= 4 is 44.4 Å². The van der Waals surface area contributed by atoms with Crippen molar-refractivity contribution in [3.63, 3.8) is 0 Å². The molecule has 0 aliphatic carbocycles. The smallest absolute Gasteiger partial charge is 0.325 e. The largest absolute Gasteiger partial charge is 0.493 e. The first kappa shape index (κ1) is 18.9. The molecule has 2 aromatic heterocycles. The molecule has 4 aromatic rings. The van der Waals surface area contributed by atoms with Gasteiger partial charge in [0.05, 0.1) is 24.4 Å². The Morgan fingerprint density at radius 1 is 1.21 bits per heavy atom. The van der Waals surface area contributed by atoms with E-state index < -0.39 is 17.7 Å². The quantitative estimate of drug-likeness (QED) is 0.477. The van der Waals surface area contributed by atoms with Crippen LogP contribution in [0.4, 0.5) is 4.39 Å². The molecule has 0 bridgehead atoms. The van der Waals surface area contributed by atoms with Crippen LogP contribution in [0, 0.1) is 5.82 Å². The van der Waals surface area contributed by atoms with E-state index >= 15 is 0 Å². The second kappa shape index (κ2) is 7.51. The minimum atomic E-state index is -0.658. The van der Waals surface area contributed by atoms with Crippen molar-refractivity contribution in [3.8, 4) is 5.75 Å². The molecule has 4 rings (SSSR count). The van der Waals surface area contributed by atoms with Gasteiger partial charge < -0.3 is 18.5 Å². The monoisotopic (exact) mass is 414 g/mol. The van der Waals surface area contributed by atoms with Crippen molar-refractivity contribution in [3.05, 3.63) is 58.8 Å². The Labute approximate surface area is 167 Å². The molecule has 0 spiro atoms. The molecule has 0 saturated carbocycles. The highest BCUT2D eigenvalue weighted by molar-refractivity contribution is 7.16. The summed E-state index contributed by atoms with van der Waals surface area (Å²) in [7, 11) is 2.74. The van der Waals surface area contributed by atoms with E-state index in [-0.39, 0.29) is 22.6 Å². The number of hydrogen-bond donors (Lipinski definition) is 0. The van der Waals surface area contributed by atoms with Crippen LogP contribution in [0.5, 0.6) is 5.75 Å². The molecule has 148 valence electrons. The molecule has 9 heteroatoms. The number of amides is 1. The zero-order valence-electron chi connectivity index (χ0n) is 15.5. The van der Waals surface area contributed by atoms with Gasteiger partial charge in [-0.3, -0.25) is 9.59 Å². The maximum absolute atomic E-state index is 14.4. The Bertz CT molecular complexity index is 1320. The number of halogens is 1. The Morgan fingerprint density at radius 3 is 2.76 bits per heavy atom. The summed E-state index contributed by atoms with van der Waals surface area (Å²) in [6, 6.07) is 11.4. The van der Waals surface area contributed by atoms with Gasteiger partial charge in [0, 0.05) is 5.39 Å². The number of aromatic nitrogens is 1. The van der Waals surface area contributed by atoms with Crippen LogP contribution in [0.15, 0.2) is 51.9 Å². The van der Waals surface area contributed by atoms with Gasteiger partial charge in [0.2, 0.25) is 0 Å². The summed E-state index contributed by atoms with van der Waals surface area (Å²) in [6.45, 7) is -0.280. The average molecular weight is 414 g/mol. The zero-order chi connectivity index (χ0) is 20.5. The summed E-state index contributed by atoms with van der Waals surface area (Å²) in [5.41, 5.74) is 0.610. The SMILES string of the molecule is COC(=O)Cn1c(=NC(=O)c2cc3cccc(OC)c3o2)sc2cccc(F)c21. The molecule has 0 aliphatic heterocycles. The third kappa shape index (κ3) is 3.40. The van der Waals surface area contributed by atoms with E-state index in [2.05, 4.69) is 9.73 Å². The number of fused-ring (bicyclic) bond motifs is 2. The fourth-order valence-electron chi connectivity index (χ4n) is 2.96. The van der Waals surface area contributed by atoms with Crippen molar-refractivity contribution in [2.75, 3.05) is 14.2 Å². The number of benzene rings is 2. The number of ether oxygens (including phenoxy) is 2. The van der Waals surface area contributed by atoms with Gasteiger partial charge >= 0.3 is 11.9 Å².